The summed E-state index contributed by atoms with van der Waals surface area (Å²) in [6.07, 6.45) is 30.2. The maximum Gasteiger partial charge on any atom is 1.00 e. The third-order valence-corrected chi connectivity index (χ3v) is 18.1. The summed E-state index contributed by atoms with van der Waals surface area (Å²) >= 11 is 7.07. The molecule has 14 nitrogen and oxygen atoms in total. The third kappa shape index (κ3) is 18.7. The van der Waals surface area contributed by atoms with Crippen LogP contribution < -0.4 is 123 Å². The number of piperidine rings is 4. The van der Waals surface area contributed by atoms with Crippen LogP contribution >= 0.6 is 38.6 Å². The first kappa shape index (κ1) is 60.9. The quantitative estimate of drug-likeness (QED) is 0.0815. The molecule has 2 aliphatic carbocycles. The van der Waals surface area contributed by atoms with Gasteiger partial charge in [0.1, 0.15) is 11.0 Å². The second kappa shape index (κ2) is 32.5. The largest absolute Gasteiger partial charge is 1.00 e. The molecule has 0 unspecified atom stereocenters. The summed E-state index contributed by atoms with van der Waals surface area (Å²) in [6, 6.07) is 7.86. The maximum absolute atomic E-state index is 8.64. The van der Waals surface area contributed by atoms with Gasteiger partial charge in [-0.1, -0.05) is 63.6 Å². The Bertz CT molecular complexity index is 2360. The van der Waals surface area contributed by atoms with Gasteiger partial charge < -0.3 is 36.5 Å². The zero-order chi connectivity index (χ0) is 48.5. The molecule has 2 saturated carbocycles. The number of alkyl halides is 1. The van der Waals surface area contributed by atoms with Crippen molar-refractivity contribution in [3.63, 3.8) is 0 Å². The molecule has 4 aromatic heterocycles. The van der Waals surface area contributed by atoms with Crippen LogP contribution in [-0.4, -0.2) is 144 Å². The van der Waals surface area contributed by atoms with E-state index in [9.17, 15) is 0 Å². The molecule has 10 heterocycles. The van der Waals surface area contributed by atoms with Gasteiger partial charge in [-0.25, -0.2) is 9.97 Å². The molecular weight excluding hydrogens is 1060 g/mol. The molecule has 6 fully saturated rings. The smallest absolute Gasteiger partial charge is 1.00 e. The summed E-state index contributed by atoms with van der Waals surface area (Å²) in [7, 11) is 0. The van der Waals surface area contributed by atoms with Gasteiger partial charge in [0.15, 0.2) is 10.3 Å². The fourth-order valence-electron chi connectivity index (χ4n) is 10.6. The first-order valence-corrected chi connectivity index (χ1v) is 29.1. The molecule has 72 heavy (non-hydrogen) atoms. The Balaban J connectivity index is 0.000000215. The average Bonchev–Trinajstić information content (AvgIpc) is 4.36. The summed E-state index contributed by atoms with van der Waals surface area (Å²) in [5.41, 5.74) is 7.19. The number of hydrogen-bond acceptors (Lipinski definition) is 16. The number of nitriles is 1. The fraction of sp³-hybridized carbons (Fsp3) is 0.660. The molecular formula is C53H76BrK2N11O3S2. The number of nitrogens with zero attached hydrogens (tertiary/aromatic N) is 10. The summed E-state index contributed by atoms with van der Waals surface area (Å²) in [4.78, 5) is 43.7. The summed E-state index contributed by atoms with van der Waals surface area (Å²) in [5, 5.41) is 22.7. The number of rotatable bonds is 10. The SMILES string of the molecule is BrCC1CC1.C1=C(c2cc3sc(N4CCC(N5CCCCC5)CC4)nc3cn2)CCN(CC2CC2)C1.C1=C(c2cc3sc(N4CCC(N5CCCCC5)CC4)nc3cn2)CCNC1.CC#N.O=CO[O-].[H-].[K+].[K+]. The topological polar surface area (TPSA) is 153 Å². The fourth-order valence-corrected chi connectivity index (χ4v) is 13.3. The number of thiazole rings is 2. The molecule has 4 aromatic rings. The van der Waals surface area contributed by atoms with Crippen molar-refractivity contribution in [3.05, 3.63) is 48.1 Å². The molecule has 12 rings (SSSR count). The first-order valence-electron chi connectivity index (χ1n) is 26.4. The Morgan fingerprint density at radius 2 is 1.21 bits per heavy atom. The van der Waals surface area contributed by atoms with Crippen LogP contribution in [0.3, 0.4) is 0 Å². The van der Waals surface area contributed by atoms with Crippen molar-refractivity contribution >= 4 is 86.9 Å². The van der Waals surface area contributed by atoms with Gasteiger partial charge in [-0.2, -0.15) is 5.26 Å². The monoisotopic (exact) mass is 1140 g/mol. The van der Waals surface area contributed by atoms with Gasteiger partial charge in [-0.05, 0) is 158 Å². The van der Waals surface area contributed by atoms with Gasteiger partial charge in [0.2, 0.25) is 0 Å². The normalized spacial score (nSPS) is 21.2. The Kier molecular flexibility index (Phi) is 27.5. The summed E-state index contributed by atoms with van der Waals surface area (Å²) < 4.78 is 2.56. The van der Waals surface area contributed by atoms with Crippen molar-refractivity contribution in [1.82, 2.24) is 40.0 Å². The van der Waals surface area contributed by atoms with Crippen LogP contribution in [0.4, 0.5) is 10.3 Å². The van der Waals surface area contributed by atoms with E-state index in [-0.39, 0.29) is 111 Å². The number of carbonyl (C=O) groups excluding carboxylic acids is 1. The zero-order valence-electron chi connectivity index (χ0n) is 44.5. The van der Waals surface area contributed by atoms with Crippen molar-refractivity contribution in [2.24, 2.45) is 11.8 Å². The molecule has 8 aliphatic rings. The van der Waals surface area contributed by atoms with E-state index < -0.39 is 0 Å². The van der Waals surface area contributed by atoms with Crippen LogP contribution in [0, 0.1) is 23.2 Å². The average molecular weight is 1140 g/mol. The Hall–Kier alpha value is -0.327. The Labute approximate surface area is 532 Å². The number of aromatic nitrogens is 4. The van der Waals surface area contributed by atoms with Crippen LogP contribution in [-0.2, 0) is 9.68 Å². The van der Waals surface area contributed by atoms with E-state index in [0.29, 0.717) is 0 Å². The van der Waals surface area contributed by atoms with E-state index in [1.807, 2.05) is 35.1 Å². The molecule has 1 N–H and O–H groups in total. The number of likely N-dealkylation sites (tertiary alicyclic amines) is 2. The second-order valence-electron chi connectivity index (χ2n) is 20.1. The predicted molar refractivity (Wildman–Crippen MR) is 289 cm³/mol. The van der Waals surface area contributed by atoms with Gasteiger partial charge in [0.25, 0.3) is 6.47 Å². The molecule has 0 amide bonds. The minimum absolute atomic E-state index is 0. The van der Waals surface area contributed by atoms with Gasteiger partial charge in [-0.3, -0.25) is 19.7 Å². The van der Waals surface area contributed by atoms with E-state index in [0.717, 1.165) is 105 Å². The number of carbonyl (C=O) groups is 1. The number of anilines is 2. The number of nitrogens with one attached hydrogen (secondary N) is 1. The molecule has 0 radical (unpaired) electrons. The van der Waals surface area contributed by atoms with Crippen LogP contribution in [0.15, 0.2) is 36.7 Å². The first-order chi connectivity index (χ1) is 34.4. The van der Waals surface area contributed by atoms with Crippen molar-refractivity contribution in [3.8, 4) is 6.07 Å². The summed E-state index contributed by atoms with van der Waals surface area (Å²) in [6.45, 7) is 16.6. The van der Waals surface area contributed by atoms with Gasteiger partial charge >= 0.3 is 103 Å². The third-order valence-electron chi connectivity index (χ3n) is 15.0. The molecule has 6 aliphatic heterocycles. The molecule has 0 bridgehead atoms. The Morgan fingerprint density at radius 1 is 0.736 bits per heavy atom. The molecule has 19 heteroatoms. The second-order valence-corrected chi connectivity index (χ2v) is 22.7. The van der Waals surface area contributed by atoms with E-state index in [1.54, 1.807) is 6.07 Å². The van der Waals surface area contributed by atoms with Crippen molar-refractivity contribution in [1.29, 1.82) is 5.26 Å². The minimum Gasteiger partial charge on any atom is -1.00 e. The molecule has 382 valence electrons. The van der Waals surface area contributed by atoms with E-state index in [1.165, 1.54) is 172 Å². The van der Waals surface area contributed by atoms with Crippen LogP contribution in [0.5, 0.6) is 0 Å². The van der Waals surface area contributed by atoms with Crippen LogP contribution in [0.25, 0.3) is 31.6 Å². The number of hydrogen-bond donors (Lipinski definition) is 1. The van der Waals surface area contributed by atoms with Gasteiger partial charge in [0, 0.05) is 76.7 Å². The van der Waals surface area contributed by atoms with E-state index in [2.05, 4.69) is 79.9 Å². The predicted octanol–water partition coefficient (Wildman–Crippen LogP) is 3.04. The van der Waals surface area contributed by atoms with Gasteiger partial charge in [-0.15, -0.1) is 0 Å². The maximum atomic E-state index is 8.64. The van der Waals surface area contributed by atoms with Crippen molar-refractivity contribution in [2.45, 2.75) is 122 Å². The number of pyridine rings is 2. The minimum atomic E-state index is -0.181. The number of halogens is 1. The standard InChI is InChI=1S/C25H35N5S.C21H29N5S.C4H7Br.C2H3N.CH2O3.2K.H/c1-2-10-29(11-3-1)21-8-14-30(15-9-21)25-27-23-17-26-22(16-24(23)31-25)20-6-12-28(13-7-20)18-19-4-5-19;1-2-10-25(11-3-1)17-6-12-26(13-7-17)21-24-19-15-23-18(14-20(19)27-21)16-4-8-22-9-5-16;5-3-4-1-2-4;1-2-3;2-1-4-3;;;/h6,16-17,19,21H,1-5,7-15,18H2;4,14-15,17,22H,1-3,5-13H2;4H,1-3H2;1H3;1,3H;;;/q;;;;;2*+1;-1/p-1. The summed E-state index contributed by atoms with van der Waals surface area (Å²) in [5.74, 6) is 2.03. The van der Waals surface area contributed by atoms with Gasteiger partial charge in [0.05, 0.1) is 39.3 Å². The van der Waals surface area contributed by atoms with Crippen molar-refractivity contribution in [2.75, 3.05) is 100 Å². The molecule has 0 aromatic carbocycles. The van der Waals surface area contributed by atoms with Crippen molar-refractivity contribution < 1.29 is 119 Å². The molecule has 0 spiro atoms. The van der Waals surface area contributed by atoms with Crippen LogP contribution in [0.1, 0.15) is 122 Å². The zero-order valence-corrected chi connectivity index (χ0v) is 52.9. The van der Waals surface area contributed by atoms with E-state index >= 15 is 0 Å². The van der Waals surface area contributed by atoms with E-state index in [4.69, 9.17) is 30.3 Å². The number of fused-ring (bicyclic) bond motifs is 2. The van der Waals surface area contributed by atoms with Crippen LogP contribution in [0.2, 0.25) is 0 Å². The molecule has 0 atom stereocenters. The Morgan fingerprint density at radius 3 is 1.58 bits per heavy atom. The molecule has 4 saturated heterocycles.